The second-order valence-corrected chi connectivity index (χ2v) is 10.2. The van der Waals surface area contributed by atoms with Crippen LogP contribution >= 0.6 is 0 Å². The van der Waals surface area contributed by atoms with Gasteiger partial charge in [-0.25, -0.2) is 0 Å². The Morgan fingerprint density at radius 2 is 1.71 bits per heavy atom. The van der Waals surface area contributed by atoms with Crippen LogP contribution in [0.2, 0.25) is 0 Å². The van der Waals surface area contributed by atoms with E-state index in [2.05, 4.69) is 29.2 Å². The standard InChI is InChI=1S/C28H30N2O4/c1-33-23-9-5-8-20-16-24(34-25(20)23)27(32)29-13-10-28(11-14-29)12-15-30(18-28)26(31)22-17-21(22)19-6-3-2-4-7-19/h2-9,16,21-22H,10-15,17-18H2,1H3. The van der Waals surface area contributed by atoms with Crippen molar-refractivity contribution in [1.82, 2.24) is 9.80 Å². The van der Waals surface area contributed by atoms with E-state index in [0.717, 1.165) is 44.2 Å². The number of amides is 2. The molecule has 1 saturated carbocycles. The number of furan rings is 1. The van der Waals surface area contributed by atoms with Gasteiger partial charge in [0, 0.05) is 37.5 Å². The molecule has 2 aliphatic heterocycles. The minimum Gasteiger partial charge on any atom is -0.493 e. The number of rotatable bonds is 4. The second kappa shape index (κ2) is 8.19. The van der Waals surface area contributed by atoms with Crippen LogP contribution in [0.4, 0.5) is 0 Å². The first-order chi connectivity index (χ1) is 16.6. The van der Waals surface area contributed by atoms with Crippen molar-refractivity contribution in [3.05, 3.63) is 65.9 Å². The Morgan fingerprint density at radius 3 is 2.44 bits per heavy atom. The number of hydrogen-bond acceptors (Lipinski definition) is 4. The molecule has 6 rings (SSSR count). The number of piperidine rings is 1. The summed E-state index contributed by atoms with van der Waals surface area (Å²) in [5.74, 6) is 1.77. The third-order valence-electron chi connectivity index (χ3n) is 8.14. The van der Waals surface area contributed by atoms with Gasteiger partial charge in [-0.3, -0.25) is 9.59 Å². The lowest BCUT2D eigenvalue weighted by Gasteiger charge is -2.39. The average Bonchev–Trinajstić information content (AvgIpc) is 3.39. The summed E-state index contributed by atoms with van der Waals surface area (Å²) < 4.78 is 11.2. The second-order valence-electron chi connectivity index (χ2n) is 10.2. The van der Waals surface area contributed by atoms with Crippen LogP contribution in [0.3, 0.4) is 0 Å². The van der Waals surface area contributed by atoms with Crippen LogP contribution in [0.5, 0.6) is 5.75 Å². The zero-order chi connectivity index (χ0) is 23.3. The van der Waals surface area contributed by atoms with Gasteiger partial charge in [-0.05, 0) is 54.7 Å². The molecule has 0 bridgehead atoms. The Balaban J connectivity index is 1.07. The minimum absolute atomic E-state index is 0.0669. The molecule has 2 amide bonds. The van der Waals surface area contributed by atoms with Gasteiger partial charge in [-0.1, -0.05) is 42.5 Å². The molecule has 0 radical (unpaired) electrons. The van der Waals surface area contributed by atoms with E-state index in [4.69, 9.17) is 9.15 Å². The van der Waals surface area contributed by atoms with E-state index in [1.54, 1.807) is 13.2 Å². The fraction of sp³-hybridized carbons (Fsp3) is 0.429. The third-order valence-corrected chi connectivity index (χ3v) is 8.14. The van der Waals surface area contributed by atoms with Crippen molar-refractivity contribution in [2.45, 2.75) is 31.6 Å². The summed E-state index contributed by atoms with van der Waals surface area (Å²) in [6.07, 6.45) is 3.86. The highest BCUT2D eigenvalue weighted by atomic mass is 16.5. The van der Waals surface area contributed by atoms with Gasteiger partial charge in [0.25, 0.3) is 5.91 Å². The number of carbonyl (C=O) groups excluding carboxylic acids is 2. The largest absolute Gasteiger partial charge is 0.493 e. The number of para-hydroxylation sites is 1. The Morgan fingerprint density at radius 1 is 0.971 bits per heavy atom. The van der Waals surface area contributed by atoms with Crippen LogP contribution in [0.25, 0.3) is 11.0 Å². The molecule has 6 nitrogen and oxygen atoms in total. The van der Waals surface area contributed by atoms with Gasteiger partial charge >= 0.3 is 0 Å². The maximum atomic E-state index is 13.2. The van der Waals surface area contributed by atoms with Gasteiger partial charge in [0.2, 0.25) is 5.91 Å². The van der Waals surface area contributed by atoms with Gasteiger partial charge in [-0.15, -0.1) is 0 Å². The summed E-state index contributed by atoms with van der Waals surface area (Å²) in [4.78, 5) is 30.3. The molecular weight excluding hydrogens is 428 g/mol. The molecule has 3 aliphatic rings. The van der Waals surface area contributed by atoms with E-state index in [1.807, 2.05) is 29.2 Å². The lowest BCUT2D eigenvalue weighted by atomic mass is 9.77. The molecule has 1 aliphatic carbocycles. The fourth-order valence-electron chi connectivity index (χ4n) is 5.94. The highest BCUT2D eigenvalue weighted by Gasteiger charge is 2.49. The Bertz CT molecular complexity index is 1230. The third kappa shape index (κ3) is 3.65. The molecule has 3 aromatic rings. The highest BCUT2D eigenvalue weighted by Crippen LogP contribution is 2.50. The number of nitrogens with zero attached hydrogens (tertiary/aromatic N) is 2. The van der Waals surface area contributed by atoms with E-state index in [0.29, 0.717) is 42.0 Å². The molecule has 34 heavy (non-hydrogen) atoms. The minimum atomic E-state index is -0.0669. The monoisotopic (exact) mass is 458 g/mol. The summed E-state index contributed by atoms with van der Waals surface area (Å²) in [7, 11) is 1.60. The van der Waals surface area contributed by atoms with Crippen molar-refractivity contribution < 1.29 is 18.7 Å². The van der Waals surface area contributed by atoms with Gasteiger partial charge in [0.15, 0.2) is 17.1 Å². The lowest BCUT2D eigenvalue weighted by molar-refractivity contribution is -0.132. The summed E-state index contributed by atoms with van der Waals surface area (Å²) in [5, 5.41) is 0.870. The van der Waals surface area contributed by atoms with Gasteiger partial charge in [0.1, 0.15) is 0 Å². The molecule has 0 N–H and O–H groups in total. The number of likely N-dealkylation sites (tertiary alicyclic amines) is 2. The zero-order valence-electron chi connectivity index (χ0n) is 19.5. The van der Waals surface area contributed by atoms with Crippen LogP contribution in [0.1, 0.15) is 47.7 Å². The normalized spacial score (nSPS) is 23.4. The summed E-state index contributed by atoms with van der Waals surface area (Å²) >= 11 is 0. The van der Waals surface area contributed by atoms with Crippen molar-refractivity contribution in [3.63, 3.8) is 0 Å². The number of fused-ring (bicyclic) bond motifs is 1. The predicted octanol–water partition coefficient (Wildman–Crippen LogP) is 4.70. The van der Waals surface area contributed by atoms with E-state index < -0.39 is 0 Å². The average molecular weight is 459 g/mol. The molecule has 1 aromatic heterocycles. The number of carbonyl (C=O) groups is 2. The molecular formula is C28H30N2O4. The van der Waals surface area contributed by atoms with E-state index in [-0.39, 0.29) is 17.2 Å². The molecule has 2 saturated heterocycles. The van der Waals surface area contributed by atoms with Crippen molar-refractivity contribution >= 4 is 22.8 Å². The van der Waals surface area contributed by atoms with Crippen LogP contribution < -0.4 is 4.74 Å². The molecule has 176 valence electrons. The lowest BCUT2D eigenvalue weighted by Crippen LogP contribution is -2.44. The molecule has 2 atom stereocenters. The summed E-state index contributed by atoms with van der Waals surface area (Å²) in [5.41, 5.74) is 2.03. The fourth-order valence-corrected chi connectivity index (χ4v) is 5.94. The quantitative estimate of drug-likeness (QED) is 0.569. The number of methoxy groups -OCH3 is 1. The summed E-state index contributed by atoms with van der Waals surface area (Å²) in [6.45, 7) is 3.07. The van der Waals surface area contributed by atoms with Crippen LogP contribution in [-0.4, -0.2) is 54.9 Å². The van der Waals surface area contributed by atoms with E-state index in [9.17, 15) is 9.59 Å². The zero-order valence-corrected chi connectivity index (χ0v) is 19.5. The Kier molecular flexibility index (Phi) is 5.12. The van der Waals surface area contributed by atoms with Crippen molar-refractivity contribution in [3.8, 4) is 5.75 Å². The molecule has 3 fully saturated rings. The Labute approximate surface area is 199 Å². The number of hydrogen-bond donors (Lipinski definition) is 0. The summed E-state index contributed by atoms with van der Waals surface area (Å²) in [6, 6.07) is 17.9. The van der Waals surface area contributed by atoms with Gasteiger partial charge < -0.3 is 19.0 Å². The molecule has 2 aromatic carbocycles. The Hall–Kier alpha value is -3.28. The van der Waals surface area contributed by atoms with Gasteiger partial charge in [0.05, 0.1) is 7.11 Å². The van der Waals surface area contributed by atoms with Crippen LogP contribution in [0, 0.1) is 11.3 Å². The highest BCUT2D eigenvalue weighted by molar-refractivity contribution is 5.97. The van der Waals surface area contributed by atoms with Crippen LogP contribution in [0.15, 0.2) is 59.0 Å². The number of benzene rings is 2. The topological polar surface area (TPSA) is 63.0 Å². The van der Waals surface area contributed by atoms with Gasteiger partial charge in [-0.2, -0.15) is 0 Å². The first-order valence-corrected chi connectivity index (χ1v) is 12.3. The smallest absolute Gasteiger partial charge is 0.289 e. The predicted molar refractivity (Wildman–Crippen MR) is 129 cm³/mol. The first-order valence-electron chi connectivity index (χ1n) is 12.3. The van der Waals surface area contributed by atoms with E-state index in [1.165, 1.54) is 5.56 Å². The maximum Gasteiger partial charge on any atom is 0.289 e. The van der Waals surface area contributed by atoms with Crippen molar-refractivity contribution in [1.29, 1.82) is 0 Å². The first kappa shape index (κ1) is 21.3. The van der Waals surface area contributed by atoms with Crippen molar-refractivity contribution in [2.75, 3.05) is 33.3 Å². The number of ether oxygens (including phenoxy) is 1. The maximum absolute atomic E-state index is 13.2. The molecule has 1 spiro atoms. The SMILES string of the molecule is COc1cccc2cc(C(=O)N3CCC4(CC3)CCN(C(=O)C3CC3c3ccccc3)C4)oc12. The van der Waals surface area contributed by atoms with E-state index >= 15 is 0 Å². The molecule has 3 heterocycles. The molecule has 6 heteroatoms. The molecule has 2 unspecified atom stereocenters. The van der Waals surface area contributed by atoms with Crippen LogP contribution in [-0.2, 0) is 4.79 Å². The van der Waals surface area contributed by atoms with Crippen molar-refractivity contribution in [2.24, 2.45) is 11.3 Å².